The monoisotopic (exact) mass is 331 g/mol. The summed E-state index contributed by atoms with van der Waals surface area (Å²) in [7, 11) is 1.42. The van der Waals surface area contributed by atoms with Gasteiger partial charge in [0.1, 0.15) is 6.04 Å². The summed E-state index contributed by atoms with van der Waals surface area (Å²) in [6.07, 6.45) is 3.27. The lowest BCUT2D eigenvalue weighted by Gasteiger charge is -2.22. The summed E-state index contributed by atoms with van der Waals surface area (Å²) >= 11 is 0. The molecule has 1 unspecified atom stereocenters. The molecule has 126 valence electrons. The van der Waals surface area contributed by atoms with Gasteiger partial charge in [0.05, 0.1) is 7.11 Å². The Kier molecular flexibility index (Phi) is 3.70. The van der Waals surface area contributed by atoms with Crippen LogP contribution in [0, 0.1) is 5.82 Å². The summed E-state index contributed by atoms with van der Waals surface area (Å²) in [6.45, 7) is 0.311. The van der Waals surface area contributed by atoms with Gasteiger partial charge in [-0.05, 0) is 37.0 Å². The predicted molar refractivity (Wildman–Crippen MR) is 81.8 cm³/mol. The zero-order valence-electron chi connectivity index (χ0n) is 13.4. The maximum atomic E-state index is 13.9. The Morgan fingerprint density at radius 1 is 1.38 bits per heavy atom. The first-order chi connectivity index (χ1) is 11.7. The second kappa shape index (κ2) is 5.89. The molecule has 2 aromatic rings. The molecule has 7 heteroatoms. The van der Waals surface area contributed by atoms with E-state index in [0.717, 1.165) is 18.7 Å². The van der Waals surface area contributed by atoms with Crippen LogP contribution in [0.1, 0.15) is 54.9 Å². The van der Waals surface area contributed by atoms with Crippen molar-refractivity contribution in [1.82, 2.24) is 15.0 Å². The molecular weight excluding hydrogens is 313 g/mol. The minimum Gasteiger partial charge on any atom is -0.494 e. The lowest BCUT2D eigenvalue weighted by molar-refractivity contribution is -0.130. The molecule has 2 aliphatic rings. The molecule has 0 bridgehead atoms. The van der Waals surface area contributed by atoms with Gasteiger partial charge in [-0.1, -0.05) is 11.2 Å². The molecule has 1 aliphatic carbocycles. The number of rotatable bonds is 5. The Balaban J connectivity index is 1.55. The molecule has 1 saturated heterocycles. The minimum absolute atomic E-state index is 0.0161. The highest BCUT2D eigenvalue weighted by atomic mass is 19.1. The fraction of sp³-hybridized carbons (Fsp3) is 0.471. The molecule has 2 fully saturated rings. The van der Waals surface area contributed by atoms with E-state index in [1.54, 1.807) is 17.0 Å². The molecule has 1 aromatic heterocycles. The molecule has 1 atom stereocenters. The number of halogens is 1. The fourth-order valence-corrected chi connectivity index (χ4v) is 3.08. The second-order valence-electron chi connectivity index (χ2n) is 6.31. The van der Waals surface area contributed by atoms with Gasteiger partial charge in [0.25, 0.3) is 0 Å². The molecule has 0 radical (unpaired) electrons. The average molecular weight is 331 g/mol. The van der Waals surface area contributed by atoms with Gasteiger partial charge in [0, 0.05) is 18.9 Å². The van der Waals surface area contributed by atoms with Crippen LogP contribution in [0.4, 0.5) is 4.39 Å². The molecule has 1 saturated carbocycles. The van der Waals surface area contributed by atoms with Crippen molar-refractivity contribution < 1.29 is 18.4 Å². The van der Waals surface area contributed by atoms with Gasteiger partial charge in [-0.3, -0.25) is 4.79 Å². The third kappa shape index (κ3) is 2.74. The van der Waals surface area contributed by atoms with Crippen molar-refractivity contribution in [2.75, 3.05) is 7.11 Å². The SMILES string of the molecule is COc1ccc(CN2C(=O)CCC2c2nc(C3CC3)no2)cc1F. The summed E-state index contributed by atoms with van der Waals surface area (Å²) in [4.78, 5) is 18.4. The van der Waals surface area contributed by atoms with E-state index < -0.39 is 5.82 Å². The molecule has 4 rings (SSSR count). The van der Waals surface area contributed by atoms with Gasteiger partial charge in [-0.2, -0.15) is 4.98 Å². The van der Waals surface area contributed by atoms with E-state index in [1.807, 2.05) is 0 Å². The number of methoxy groups -OCH3 is 1. The highest BCUT2D eigenvalue weighted by Crippen LogP contribution is 2.40. The summed E-state index contributed by atoms with van der Waals surface area (Å²) in [5.74, 6) is 1.39. The number of carbonyl (C=O) groups excluding carboxylic acids is 1. The highest BCUT2D eigenvalue weighted by Gasteiger charge is 2.37. The summed E-state index contributed by atoms with van der Waals surface area (Å²) in [5, 5.41) is 4.03. The van der Waals surface area contributed by atoms with Crippen molar-refractivity contribution >= 4 is 5.91 Å². The minimum atomic E-state index is -0.438. The highest BCUT2D eigenvalue weighted by molar-refractivity contribution is 5.78. The first-order valence-electron chi connectivity index (χ1n) is 8.11. The first-order valence-corrected chi connectivity index (χ1v) is 8.11. The number of ether oxygens (including phenoxy) is 1. The van der Waals surface area contributed by atoms with Crippen molar-refractivity contribution in [3.63, 3.8) is 0 Å². The number of hydrogen-bond acceptors (Lipinski definition) is 5. The smallest absolute Gasteiger partial charge is 0.249 e. The third-order valence-corrected chi connectivity index (χ3v) is 4.58. The number of aromatic nitrogens is 2. The normalized spacial score (nSPS) is 20.7. The number of carbonyl (C=O) groups is 1. The third-order valence-electron chi connectivity index (χ3n) is 4.58. The maximum absolute atomic E-state index is 13.9. The number of benzene rings is 1. The second-order valence-corrected chi connectivity index (χ2v) is 6.31. The molecule has 24 heavy (non-hydrogen) atoms. The zero-order valence-corrected chi connectivity index (χ0v) is 13.4. The van der Waals surface area contributed by atoms with E-state index in [0.29, 0.717) is 36.8 Å². The lowest BCUT2D eigenvalue weighted by Crippen LogP contribution is -2.27. The van der Waals surface area contributed by atoms with Crippen molar-refractivity contribution in [2.45, 2.75) is 44.2 Å². The van der Waals surface area contributed by atoms with Gasteiger partial charge in [0.15, 0.2) is 17.4 Å². The van der Waals surface area contributed by atoms with Crippen LogP contribution < -0.4 is 4.74 Å². The van der Waals surface area contributed by atoms with Gasteiger partial charge in [-0.25, -0.2) is 4.39 Å². The van der Waals surface area contributed by atoms with E-state index >= 15 is 0 Å². The van der Waals surface area contributed by atoms with E-state index in [9.17, 15) is 9.18 Å². The maximum Gasteiger partial charge on any atom is 0.249 e. The number of likely N-dealkylation sites (tertiary alicyclic amines) is 1. The number of nitrogens with zero attached hydrogens (tertiary/aromatic N) is 3. The summed E-state index contributed by atoms with van der Waals surface area (Å²) < 4.78 is 24.2. The molecule has 1 aliphatic heterocycles. The Morgan fingerprint density at radius 2 is 2.21 bits per heavy atom. The molecule has 1 amide bonds. The molecule has 0 spiro atoms. The number of amides is 1. The van der Waals surface area contributed by atoms with E-state index in [2.05, 4.69) is 10.1 Å². The number of hydrogen-bond donors (Lipinski definition) is 0. The van der Waals surface area contributed by atoms with Crippen LogP contribution in [0.3, 0.4) is 0 Å². The molecule has 1 aromatic carbocycles. The van der Waals surface area contributed by atoms with Crippen LogP contribution in [0.25, 0.3) is 0 Å². The van der Waals surface area contributed by atoms with Crippen LogP contribution in [-0.2, 0) is 11.3 Å². The first kappa shape index (κ1) is 15.1. The van der Waals surface area contributed by atoms with E-state index in [4.69, 9.17) is 9.26 Å². The largest absolute Gasteiger partial charge is 0.494 e. The lowest BCUT2D eigenvalue weighted by atomic mass is 10.1. The quantitative estimate of drug-likeness (QED) is 0.842. The van der Waals surface area contributed by atoms with Crippen LogP contribution in [0.5, 0.6) is 5.75 Å². The van der Waals surface area contributed by atoms with Crippen molar-refractivity contribution in [1.29, 1.82) is 0 Å². The van der Waals surface area contributed by atoms with E-state index in [-0.39, 0.29) is 17.7 Å². The Morgan fingerprint density at radius 3 is 2.92 bits per heavy atom. The van der Waals surface area contributed by atoms with Crippen LogP contribution in [0.2, 0.25) is 0 Å². The van der Waals surface area contributed by atoms with Gasteiger partial charge in [-0.15, -0.1) is 0 Å². The Hall–Kier alpha value is -2.44. The molecule has 0 N–H and O–H groups in total. The van der Waals surface area contributed by atoms with Crippen LogP contribution in [0.15, 0.2) is 22.7 Å². The topological polar surface area (TPSA) is 68.5 Å². The van der Waals surface area contributed by atoms with Crippen LogP contribution >= 0.6 is 0 Å². The standard InChI is InChI=1S/C17H18FN3O3/c1-23-14-6-2-10(8-12(14)18)9-21-13(5-7-15(21)22)17-19-16(20-24-17)11-3-4-11/h2,6,8,11,13H,3-5,7,9H2,1H3. The van der Waals surface area contributed by atoms with E-state index in [1.165, 1.54) is 13.2 Å². The fourth-order valence-electron chi connectivity index (χ4n) is 3.08. The summed E-state index contributed by atoms with van der Waals surface area (Å²) in [6, 6.07) is 4.49. The van der Waals surface area contributed by atoms with Crippen molar-refractivity contribution in [3.8, 4) is 5.75 Å². The van der Waals surface area contributed by atoms with Gasteiger partial charge >= 0.3 is 0 Å². The van der Waals surface area contributed by atoms with Crippen LogP contribution in [-0.4, -0.2) is 28.1 Å². The predicted octanol–water partition coefficient (Wildman–Crippen LogP) is 2.96. The zero-order chi connectivity index (χ0) is 16.7. The van der Waals surface area contributed by atoms with Crippen molar-refractivity contribution in [3.05, 3.63) is 41.3 Å². The Labute approximate surface area is 138 Å². The average Bonchev–Trinajstić information content (AvgIpc) is 3.21. The van der Waals surface area contributed by atoms with Gasteiger partial charge < -0.3 is 14.2 Å². The van der Waals surface area contributed by atoms with Gasteiger partial charge in [0.2, 0.25) is 11.8 Å². The molecule has 6 nitrogen and oxygen atoms in total. The van der Waals surface area contributed by atoms with Crippen molar-refractivity contribution in [2.24, 2.45) is 0 Å². The molecular formula is C17H18FN3O3. The Bertz CT molecular complexity index is 772. The summed E-state index contributed by atoms with van der Waals surface area (Å²) in [5.41, 5.74) is 0.704. The molecule has 2 heterocycles.